The van der Waals surface area contributed by atoms with Crippen molar-refractivity contribution in [3.8, 4) is 0 Å². The number of fused-ring (bicyclic) bond motifs is 1. The molecule has 8 nitrogen and oxygen atoms in total. The molecule has 2 amide bonds. The Bertz CT molecular complexity index is 1020. The molecule has 2 aromatic heterocycles. The Balaban J connectivity index is 1.85. The Morgan fingerprint density at radius 2 is 1.93 bits per heavy atom. The molecule has 8 heteroatoms. The number of anilines is 1. The molecule has 2 heterocycles. The van der Waals surface area contributed by atoms with Crippen LogP contribution in [-0.2, 0) is 6.54 Å². The molecule has 0 aliphatic carbocycles. The van der Waals surface area contributed by atoms with E-state index in [9.17, 15) is 9.59 Å². The minimum atomic E-state index is -0.535. The number of amides is 2. The largest absolute Gasteiger partial charge is 0.366 e. The highest BCUT2D eigenvalue weighted by molar-refractivity contribution is 6.09. The molecule has 1 aromatic carbocycles. The third-order valence-electron chi connectivity index (χ3n) is 4.80. The first-order chi connectivity index (χ1) is 13.4. The molecule has 0 saturated heterocycles. The highest BCUT2D eigenvalue weighted by atomic mass is 16.2. The number of hydrogen-bond acceptors (Lipinski definition) is 5. The molecule has 3 rings (SSSR count). The maximum atomic E-state index is 12.7. The number of aromatic nitrogens is 3. The Labute approximate surface area is 163 Å². The fourth-order valence-corrected chi connectivity index (χ4v) is 3.09. The number of nitrogens with one attached hydrogen (secondary N) is 1. The molecule has 0 fully saturated rings. The molecule has 3 aromatic rings. The van der Waals surface area contributed by atoms with Crippen molar-refractivity contribution in [2.75, 3.05) is 18.4 Å². The molecule has 28 heavy (non-hydrogen) atoms. The normalized spacial score (nSPS) is 11.1. The number of carbonyl (C=O) groups is 2. The zero-order valence-corrected chi connectivity index (χ0v) is 16.3. The summed E-state index contributed by atoms with van der Waals surface area (Å²) in [6.45, 7) is 8.64. The summed E-state index contributed by atoms with van der Waals surface area (Å²) >= 11 is 0. The van der Waals surface area contributed by atoms with Crippen molar-refractivity contribution in [3.63, 3.8) is 0 Å². The number of carbonyl (C=O) groups excluding carboxylic acids is 2. The summed E-state index contributed by atoms with van der Waals surface area (Å²) in [7, 11) is 0. The second-order valence-corrected chi connectivity index (χ2v) is 6.55. The van der Waals surface area contributed by atoms with E-state index in [4.69, 9.17) is 5.73 Å². The Hall–Kier alpha value is -3.26. The summed E-state index contributed by atoms with van der Waals surface area (Å²) < 4.78 is 1.61. The van der Waals surface area contributed by atoms with Gasteiger partial charge in [-0.2, -0.15) is 5.10 Å². The first-order valence-corrected chi connectivity index (χ1v) is 9.20. The molecule has 0 radical (unpaired) electrons. The van der Waals surface area contributed by atoms with E-state index in [1.807, 2.05) is 6.20 Å². The van der Waals surface area contributed by atoms with E-state index in [-0.39, 0.29) is 5.91 Å². The lowest BCUT2D eigenvalue weighted by Crippen LogP contribution is -2.22. The van der Waals surface area contributed by atoms with Gasteiger partial charge >= 0.3 is 0 Å². The summed E-state index contributed by atoms with van der Waals surface area (Å²) in [5.74, 6) is -0.879. The van der Waals surface area contributed by atoms with E-state index in [1.54, 1.807) is 35.8 Å². The van der Waals surface area contributed by atoms with E-state index >= 15 is 0 Å². The van der Waals surface area contributed by atoms with Crippen molar-refractivity contribution in [2.45, 2.75) is 27.3 Å². The van der Waals surface area contributed by atoms with Gasteiger partial charge in [0.15, 0.2) is 5.65 Å². The van der Waals surface area contributed by atoms with Crippen molar-refractivity contribution in [1.29, 1.82) is 0 Å². The van der Waals surface area contributed by atoms with Crippen LogP contribution in [0.5, 0.6) is 0 Å². The van der Waals surface area contributed by atoms with Crippen LogP contribution >= 0.6 is 0 Å². The highest BCUT2D eigenvalue weighted by Gasteiger charge is 2.17. The third-order valence-corrected chi connectivity index (χ3v) is 4.80. The SMILES string of the molecule is CCN(CC)Cc1cnc2c(C(=O)Nc3cccc(C(N)=O)c3C)cnn2c1. The van der Waals surface area contributed by atoms with E-state index in [1.165, 1.54) is 6.20 Å². The Kier molecular flexibility index (Phi) is 5.70. The van der Waals surface area contributed by atoms with Crippen LogP contribution in [0.2, 0.25) is 0 Å². The maximum absolute atomic E-state index is 12.7. The van der Waals surface area contributed by atoms with Gasteiger partial charge in [-0.15, -0.1) is 0 Å². The molecule has 3 N–H and O–H groups in total. The lowest BCUT2D eigenvalue weighted by Gasteiger charge is -2.17. The average molecular weight is 380 g/mol. The fraction of sp³-hybridized carbons (Fsp3) is 0.300. The van der Waals surface area contributed by atoms with Gasteiger partial charge in [-0.3, -0.25) is 14.5 Å². The third kappa shape index (κ3) is 3.86. The molecular formula is C20H24N6O2. The van der Waals surface area contributed by atoms with E-state index < -0.39 is 5.91 Å². The van der Waals surface area contributed by atoms with Crippen molar-refractivity contribution in [1.82, 2.24) is 19.5 Å². The van der Waals surface area contributed by atoms with E-state index in [0.717, 1.165) is 25.2 Å². The van der Waals surface area contributed by atoms with Crippen molar-refractivity contribution < 1.29 is 9.59 Å². The quantitative estimate of drug-likeness (QED) is 0.654. The Morgan fingerprint density at radius 1 is 1.18 bits per heavy atom. The van der Waals surface area contributed by atoms with Crippen molar-refractivity contribution in [3.05, 3.63) is 59.0 Å². The van der Waals surface area contributed by atoms with Gasteiger partial charge in [-0.05, 0) is 37.7 Å². The predicted octanol–water partition coefficient (Wildman–Crippen LogP) is 2.23. The number of benzene rings is 1. The summed E-state index contributed by atoms with van der Waals surface area (Å²) in [5, 5.41) is 7.09. The van der Waals surface area contributed by atoms with Crippen LogP contribution in [0, 0.1) is 6.92 Å². The summed E-state index contributed by atoms with van der Waals surface area (Å²) in [6.07, 6.45) is 5.15. The van der Waals surface area contributed by atoms with Crippen molar-refractivity contribution in [2.24, 2.45) is 5.73 Å². The van der Waals surface area contributed by atoms with E-state index in [2.05, 4.69) is 34.1 Å². The standard InChI is InChI=1S/C20H24N6O2/c1-4-25(5-2)11-14-9-22-19-16(10-23-26(19)12-14)20(28)24-17-8-6-7-15(13(17)3)18(21)27/h6-10,12H,4-5,11H2,1-3H3,(H2,21,27)(H,24,28). The maximum Gasteiger partial charge on any atom is 0.261 e. The predicted molar refractivity (Wildman–Crippen MR) is 107 cm³/mol. The topological polar surface area (TPSA) is 106 Å². The number of nitrogens with two attached hydrogens (primary N) is 1. The van der Waals surface area contributed by atoms with E-state index in [0.29, 0.717) is 28.0 Å². The van der Waals surface area contributed by atoms with Crippen LogP contribution < -0.4 is 11.1 Å². The first-order valence-electron chi connectivity index (χ1n) is 9.20. The minimum Gasteiger partial charge on any atom is -0.366 e. The van der Waals surface area contributed by atoms with Crippen LogP contribution in [0.3, 0.4) is 0 Å². The number of nitrogens with zero attached hydrogens (tertiary/aromatic N) is 4. The van der Waals surface area contributed by atoms with Crippen LogP contribution in [0.15, 0.2) is 36.8 Å². The number of rotatable bonds is 7. The van der Waals surface area contributed by atoms with Crippen LogP contribution in [0.25, 0.3) is 5.65 Å². The molecule has 0 aliphatic rings. The Morgan fingerprint density at radius 3 is 2.61 bits per heavy atom. The fourth-order valence-electron chi connectivity index (χ4n) is 3.09. The second kappa shape index (κ2) is 8.18. The van der Waals surface area contributed by atoms with Gasteiger partial charge in [0.25, 0.3) is 5.91 Å². The molecule has 0 bridgehead atoms. The zero-order valence-electron chi connectivity index (χ0n) is 16.3. The average Bonchev–Trinajstić information content (AvgIpc) is 3.10. The van der Waals surface area contributed by atoms with Gasteiger partial charge in [0.1, 0.15) is 5.56 Å². The molecule has 0 aliphatic heterocycles. The second-order valence-electron chi connectivity index (χ2n) is 6.55. The van der Waals surface area contributed by atoms with Gasteiger partial charge in [-0.25, -0.2) is 9.50 Å². The van der Waals surface area contributed by atoms with Gasteiger partial charge in [0.2, 0.25) is 5.91 Å². The van der Waals surface area contributed by atoms with Crippen LogP contribution in [0.4, 0.5) is 5.69 Å². The monoisotopic (exact) mass is 380 g/mol. The van der Waals surface area contributed by atoms with Crippen LogP contribution in [0.1, 0.15) is 45.7 Å². The number of hydrogen-bond donors (Lipinski definition) is 2. The zero-order chi connectivity index (χ0) is 20.3. The van der Waals surface area contributed by atoms with Crippen LogP contribution in [-0.4, -0.2) is 44.4 Å². The summed E-state index contributed by atoms with van der Waals surface area (Å²) in [6, 6.07) is 5.03. The first kappa shape index (κ1) is 19.5. The van der Waals surface area contributed by atoms with Gasteiger partial charge in [0, 0.05) is 35.8 Å². The molecule has 0 spiro atoms. The molecular weight excluding hydrogens is 356 g/mol. The minimum absolute atomic E-state index is 0.344. The summed E-state index contributed by atoms with van der Waals surface area (Å²) in [4.78, 5) is 31.0. The molecule has 146 valence electrons. The lowest BCUT2D eigenvalue weighted by atomic mass is 10.1. The number of primary amides is 1. The molecule has 0 saturated carbocycles. The van der Waals surface area contributed by atoms with Gasteiger partial charge in [-0.1, -0.05) is 19.9 Å². The van der Waals surface area contributed by atoms with Gasteiger partial charge < -0.3 is 11.1 Å². The summed E-state index contributed by atoms with van der Waals surface area (Å²) in [5.41, 5.74) is 8.75. The van der Waals surface area contributed by atoms with Gasteiger partial charge in [0.05, 0.1) is 6.20 Å². The highest BCUT2D eigenvalue weighted by Crippen LogP contribution is 2.20. The smallest absolute Gasteiger partial charge is 0.261 e. The molecule has 0 atom stereocenters. The van der Waals surface area contributed by atoms with Crippen molar-refractivity contribution >= 4 is 23.1 Å². The lowest BCUT2D eigenvalue weighted by molar-refractivity contribution is 0.0995. The molecule has 0 unspecified atom stereocenters.